The van der Waals surface area contributed by atoms with Crippen molar-refractivity contribution in [2.24, 2.45) is 0 Å². The summed E-state index contributed by atoms with van der Waals surface area (Å²) in [5.74, 6) is 0.759. The van der Waals surface area contributed by atoms with Crippen molar-refractivity contribution < 1.29 is 9.53 Å². The third-order valence-corrected chi connectivity index (χ3v) is 4.91. The first kappa shape index (κ1) is 20.2. The minimum Gasteiger partial charge on any atom is -0.493 e. The number of benzene rings is 3. The van der Waals surface area contributed by atoms with Gasteiger partial charge in [-0.25, -0.2) is 4.98 Å². The van der Waals surface area contributed by atoms with Crippen molar-refractivity contribution in [1.29, 1.82) is 0 Å². The number of ether oxygens (including phenoxy) is 1. The van der Waals surface area contributed by atoms with Gasteiger partial charge in [-0.15, -0.1) is 0 Å². The fourth-order valence-corrected chi connectivity index (χ4v) is 3.28. The van der Waals surface area contributed by atoms with E-state index >= 15 is 0 Å². The summed E-state index contributed by atoms with van der Waals surface area (Å²) in [6, 6.07) is 23.0. The number of aromatic amines is 1. The number of carbonyl (C=O) groups is 1. The van der Waals surface area contributed by atoms with E-state index < -0.39 is 0 Å². The molecule has 6 heteroatoms. The van der Waals surface area contributed by atoms with E-state index in [0.717, 1.165) is 40.2 Å². The van der Waals surface area contributed by atoms with Crippen LogP contribution in [-0.4, -0.2) is 22.5 Å². The first-order chi connectivity index (χ1) is 15.2. The van der Waals surface area contributed by atoms with Crippen LogP contribution in [0.4, 0.5) is 11.4 Å². The molecule has 4 N–H and O–H groups in total. The molecule has 0 bridgehead atoms. The van der Waals surface area contributed by atoms with Gasteiger partial charge >= 0.3 is 0 Å². The lowest BCUT2D eigenvalue weighted by Crippen LogP contribution is -2.14. The maximum Gasteiger partial charge on any atom is 0.228 e. The van der Waals surface area contributed by atoms with Crippen LogP contribution in [0, 0.1) is 0 Å². The number of anilines is 2. The Bertz CT molecular complexity index is 1120. The summed E-state index contributed by atoms with van der Waals surface area (Å²) in [6.07, 6.45) is 4.51. The number of carbonyl (C=O) groups excluding carboxylic acids is 1. The number of rotatable bonds is 8. The van der Waals surface area contributed by atoms with E-state index in [1.165, 1.54) is 0 Å². The molecule has 0 fully saturated rings. The standard InChI is InChI=1S/C25H24N4O2/c26-20-9-5-19(6-10-20)15-25(30)29-21-11-7-18(8-12-21)13-14-31-24-4-2-1-3-22(24)23-16-27-17-28-23/h1-12,16-17H,13-15,26H2,(H,27,28)(H,29,30). The molecule has 0 saturated heterocycles. The van der Waals surface area contributed by atoms with Crippen LogP contribution in [-0.2, 0) is 17.6 Å². The number of imidazole rings is 1. The molecule has 0 saturated carbocycles. The molecular formula is C25H24N4O2. The summed E-state index contributed by atoms with van der Waals surface area (Å²) in [5.41, 5.74) is 11.1. The molecule has 0 spiro atoms. The average Bonchev–Trinajstić information content (AvgIpc) is 3.32. The van der Waals surface area contributed by atoms with Crippen LogP contribution in [0.3, 0.4) is 0 Å². The molecular weight excluding hydrogens is 388 g/mol. The first-order valence-corrected chi connectivity index (χ1v) is 10.1. The molecule has 1 heterocycles. The highest BCUT2D eigenvalue weighted by Crippen LogP contribution is 2.28. The fraction of sp³-hybridized carbons (Fsp3) is 0.120. The Balaban J connectivity index is 1.28. The number of amides is 1. The smallest absolute Gasteiger partial charge is 0.228 e. The Morgan fingerprint density at radius 2 is 1.71 bits per heavy atom. The van der Waals surface area contributed by atoms with Crippen LogP contribution < -0.4 is 15.8 Å². The van der Waals surface area contributed by atoms with Crippen molar-refractivity contribution in [3.8, 4) is 17.0 Å². The van der Waals surface area contributed by atoms with Gasteiger partial charge in [-0.2, -0.15) is 0 Å². The molecule has 1 aromatic heterocycles. The summed E-state index contributed by atoms with van der Waals surface area (Å²) >= 11 is 0. The van der Waals surface area contributed by atoms with Gasteiger partial charge in [0.1, 0.15) is 5.75 Å². The monoisotopic (exact) mass is 412 g/mol. The SMILES string of the molecule is Nc1ccc(CC(=O)Nc2ccc(CCOc3ccccc3-c3cnc[nH]3)cc2)cc1. The quantitative estimate of drug-likeness (QED) is 0.373. The van der Waals surface area contributed by atoms with Crippen molar-refractivity contribution >= 4 is 17.3 Å². The summed E-state index contributed by atoms with van der Waals surface area (Å²) in [5, 5.41) is 2.93. The van der Waals surface area contributed by atoms with Gasteiger partial charge in [0.15, 0.2) is 0 Å². The number of nitrogens with zero attached hydrogens (tertiary/aromatic N) is 1. The second-order valence-corrected chi connectivity index (χ2v) is 7.22. The second-order valence-electron chi connectivity index (χ2n) is 7.22. The third kappa shape index (κ3) is 5.51. The molecule has 0 aliphatic rings. The van der Waals surface area contributed by atoms with E-state index in [2.05, 4.69) is 15.3 Å². The predicted octanol–water partition coefficient (Wildman–Crippen LogP) is 4.46. The molecule has 0 unspecified atom stereocenters. The third-order valence-electron chi connectivity index (χ3n) is 4.91. The molecule has 31 heavy (non-hydrogen) atoms. The van der Waals surface area contributed by atoms with Crippen molar-refractivity contribution in [1.82, 2.24) is 9.97 Å². The van der Waals surface area contributed by atoms with E-state index in [-0.39, 0.29) is 5.91 Å². The number of nitrogen functional groups attached to an aromatic ring is 1. The van der Waals surface area contributed by atoms with Crippen LogP contribution in [0.2, 0.25) is 0 Å². The lowest BCUT2D eigenvalue weighted by Gasteiger charge is -2.11. The van der Waals surface area contributed by atoms with Crippen molar-refractivity contribution in [2.45, 2.75) is 12.8 Å². The molecule has 0 atom stereocenters. The highest BCUT2D eigenvalue weighted by molar-refractivity contribution is 5.92. The molecule has 0 radical (unpaired) electrons. The molecule has 0 aliphatic carbocycles. The zero-order chi connectivity index (χ0) is 21.5. The number of nitrogens with two attached hydrogens (primary N) is 1. The Kier molecular flexibility index (Phi) is 6.28. The van der Waals surface area contributed by atoms with Crippen LogP contribution in [0.15, 0.2) is 85.3 Å². The lowest BCUT2D eigenvalue weighted by atomic mass is 10.1. The molecule has 6 nitrogen and oxygen atoms in total. The average molecular weight is 412 g/mol. The van der Waals surface area contributed by atoms with Crippen LogP contribution in [0.1, 0.15) is 11.1 Å². The maximum atomic E-state index is 12.2. The Hall–Kier alpha value is -4.06. The highest BCUT2D eigenvalue weighted by atomic mass is 16.5. The summed E-state index contributed by atoms with van der Waals surface area (Å²) in [7, 11) is 0. The van der Waals surface area contributed by atoms with Crippen molar-refractivity contribution in [2.75, 3.05) is 17.7 Å². The van der Waals surface area contributed by atoms with Gasteiger partial charge in [0, 0.05) is 23.4 Å². The topological polar surface area (TPSA) is 93.0 Å². The number of hydrogen-bond acceptors (Lipinski definition) is 4. The number of nitrogens with one attached hydrogen (secondary N) is 2. The summed E-state index contributed by atoms with van der Waals surface area (Å²) in [4.78, 5) is 19.4. The fourth-order valence-electron chi connectivity index (χ4n) is 3.28. The number of H-pyrrole nitrogens is 1. The van der Waals surface area contributed by atoms with Gasteiger partial charge in [-0.3, -0.25) is 4.79 Å². The van der Waals surface area contributed by atoms with E-state index in [4.69, 9.17) is 10.5 Å². The Morgan fingerprint density at radius 3 is 2.45 bits per heavy atom. The summed E-state index contributed by atoms with van der Waals surface area (Å²) in [6.45, 7) is 0.550. The zero-order valence-electron chi connectivity index (χ0n) is 17.0. The van der Waals surface area contributed by atoms with Crippen LogP contribution in [0.25, 0.3) is 11.3 Å². The molecule has 156 valence electrons. The highest BCUT2D eigenvalue weighted by Gasteiger charge is 2.07. The molecule has 4 aromatic rings. The molecule has 0 aliphatic heterocycles. The number of aromatic nitrogens is 2. The number of para-hydroxylation sites is 1. The molecule has 1 amide bonds. The van der Waals surface area contributed by atoms with Crippen LogP contribution in [0.5, 0.6) is 5.75 Å². The van der Waals surface area contributed by atoms with E-state index in [9.17, 15) is 4.79 Å². The van der Waals surface area contributed by atoms with E-state index in [0.29, 0.717) is 18.7 Å². The zero-order valence-corrected chi connectivity index (χ0v) is 17.0. The lowest BCUT2D eigenvalue weighted by molar-refractivity contribution is -0.115. The van der Waals surface area contributed by atoms with Gasteiger partial charge in [-0.05, 0) is 47.5 Å². The Morgan fingerprint density at radius 1 is 0.968 bits per heavy atom. The maximum absolute atomic E-state index is 12.2. The summed E-state index contributed by atoms with van der Waals surface area (Å²) < 4.78 is 6.01. The Labute approximate surface area is 181 Å². The molecule has 4 rings (SSSR count). The van der Waals surface area contributed by atoms with Gasteiger partial charge in [0.05, 0.1) is 31.2 Å². The second kappa shape index (κ2) is 9.63. The number of hydrogen-bond donors (Lipinski definition) is 3. The first-order valence-electron chi connectivity index (χ1n) is 10.1. The van der Waals surface area contributed by atoms with E-state index in [1.54, 1.807) is 24.7 Å². The van der Waals surface area contributed by atoms with Crippen molar-refractivity contribution in [3.05, 3.63) is 96.4 Å². The van der Waals surface area contributed by atoms with Gasteiger partial charge in [0.2, 0.25) is 5.91 Å². The molecule has 3 aromatic carbocycles. The van der Waals surface area contributed by atoms with E-state index in [1.807, 2.05) is 60.7 Å². The largest absolute Gasteiger partial charge is 0.493 e. The van der Waals surface area contributed by atoms with Gasteiger partial charge in [0.25, 0.3) is 0 Å². The van der Waals surface area contributed by atoms with Gasteiger partial charge in [-0.1, -0.05) is 36.4 Å². The minimum atomic E-state index is -0.0590. The van der Waals surface area contributed by atoms with Crippen LogP contribution >= 0.6 is 0 Å². The predicted molar refractivity (Wildman–Crippen MR) is 123 cm³/mol. The minimum absolute atomic E-state index is 0.0590. The van der Waals surface area contributed by atoms with Gasteiger partial charge < -0.3 is 20.8 Å². The van der Waals surface area contributed by atoms with Crippen molar-refractivity contribution in [3.63, 3.8) is 0 Å². The normalized spacial score (nSPS) is 10.6.